The summed E-state index contributed by atoms with van der Waals surface area (Å²) in [6.07, 6.45) is 4.34. The Morgan fingerprint density at radius 1 is 1.05 bits per heavy atom. The molecular formula is C28H30N4O6S4. The van der Waals surface area contributed by atoms with E-state index in [1.165, 1.54) is 0 Å². The Hall–Kier alpha value is -2.88. The smallest absolute Gasteiger partial charge is 0.266 e. The van der Waals surface area contributed by atoms with E-state index in [0.29, 0.717) is 29.9 Å². The van der Waals surface area contributed by atoms with Gasteiger partial charge in [-0.15, -0.1) is 0 Å². The van der Waals surface area contributed by atoms with E-state index in [2.05, 4.69) is 13.8 Å². The maximum Gasteiger partial charge on any atom is 0.266 e. The van der Waals surface area contributed by atoms with Crippen LogP contribution < -0.4 is 0 Å². The summed E-state index contributed by atoms with van der Waals surface area (Å²) in [5.74, 6) is -0.608. The second kappa shape index (κ2) is 12.0. The highest BCUT2D eigenvalue weighted by molar-refractivity contribution is 8.26. The summed E-state index contributed by atoms with van der Waals surface area (Å²) < 4.78 is 62.3. The molecule has 0 saturated carbocycles. The van der Waals surface area contributed by atoms with Gasteiger partial charge in [0.15, 0.2) is 0 Å². The van der Waals surface area contributed by atoms with Crippen LogP contribution in [-0.2, 0) is 24.9 Å². The summed E-state index contributed by atoms with van der Waals surface area (Å²) in [6.45, 7) is 4.77. The van der Waals surface area contributed by atoms with Gasteiger partial charge < -0.3 is 0 Å². The summed E-state index contributed by atoms with van der Waals surface area (Å²) in [7, 11) is -8.03. The largest absolute Gasteiger partial charge is 0.292 e. The zero-order valence-corrected chi connectivity index (χ0v) is 26.2. The van der Waals surface area contributed by atoms with Crippen LogP contribution in [0, 0.1) is 11.8 Å². The molecule has 1 amide bonds. The van der Waals surface area contributed by atoms with Gasteiger partial charge in [0.25, 0.3) is 16.0 Å². The number of para-hydroxylation sites is 1. The molecule has 5 rings (SSSR count). The normalized spacial score (nSPS) is 21.4. The number of thiocarbonyl (C=S) groups is 1. The molecule has 2 aliphatic heterocycles. The monoisotopic (exact) mass is 646 g/mol. The molecule has 3 heterocycles. The highest BCUT2D eigenvalue weighted by Gasteiger charge is 2.34. The Morgan fingerprint density at radius 2 is 1.74 bits per heavy atom. The molecule has 0 bridgehead atoms. The molecule has 10 nitrogen and oxygen atoms in total. The van der Waals surface area contributed by atoms with Gasteiger partial charge >= 0.3 is 0 Å². The Labute approximate surface area is 255 Å². The number of carbonyl (C=O) groups is 1. The van der Waals surface area contributed by atoms with Crippen LogP contribution in [0.2, 0.25) is 0 Å². The fraction of sp³-hybridized carbons (Fsp3) is 0.321. The van der Waals surface area contributed by atoms with Crippen molar-refractivity contribution in [1.29, 1.82) is 0 Å². The lowest BCUT2D eigenvalue weighted by atomic mass is 9.94. The number of benzene rings is 2. The van der Waals surface area contributed by atoms with E-state index in [1.54, 1.807) is 45.5 Å². The molecule has 0 radical (unpaired) electrons. The molecule has 14 heteroatoms. The van der Waals surface area contributed by atoms with Gasteiger partial charge in [-0.05, 0) is 48.6 Å². The molecular weight excluding hydrogens is 617 g/mol. The Morgan fingerprint density at radius 3 is 2.40 bits per heavy atom. The number of aromatic nitrogens is 2. The fourth-order valence-corrected chi connectivity index (χ4v) is 8.66. The average Bonchev–Trinajstić information content (AvgIpc) is 3.47. The van der Waals surface area contributed by atoms with Crippen molar-refractivity contribution < 1.29 is 26.2 Å². The summed E-state index contributed by atoms with van der Waals surface area (Å²) in [6, 6.07) is 16.0. The number of carbonyl (C=O) groups excluding carboxylic acids is 1. The van der Waals surface area contributed by atoms with Crippen molar-refractivity contribution in [2.24, 2.45) is 11.8 Å². The van der Waals surface area contributed by atoms with Gasteiger partial charge in [0.2, 0.25) is 10.0 Å². The predicted molar refractivity (Wildman–Crippen MR) is 167 cm³/mol. The lowest BCUT2D eigenvalue weighted by Gasteiger charge is -2.34. The minimum absolute atomic E-state index is 0.165. The summed E-state index contributed by atoms with van der Waals surface area (Å²) in [4.78, 5) is 14.7. The van der Waals surface area contributed by atoms with Crippen molar-refractivity contribution in [3.05, 3.63) is 71.3 Å². The van der Waals surface area contributed by atoms with E-state index in [1.807, 2.05) is 30.3 Å². The van der Waals surface area contributed by atoms with E-state index in [9.17, 15) is 21.6 Å². The first-order chi connectivity index (χ1) is 19.8. The molecule has 0 aliphatic carbocycles. The van der Waals surface area contributed by atoms with Crippen molar-refractivity contribution in [3.63, 3.8) is 0 Å². The zero-order valence-electron chi connectivity index (χ0n) is 23.0. The van der Waals surface area contributed by atoms with Crippen molar-refractivity contribution >= 4 is 60.4 Å². The van der Waals surface area contributed by atoms with Gasteiger partial charge in [-0.1, -0.05) is 68.2 Å². The lowest BCUT2D eigenvalue weighted by molar-refractivity contribution is -0.121. The zero-order chi connectivity index (χ0) is 30.2. The summed E-state index contributed by atoms with van der Waals surface area (Å²) in [5.41, 5.74) is 2.32. The highest BCUT2D eigenvalue weighted by Crippen LogP contribution is 2.36. The lowest BCUT2D eigenvalue weighted by Crippen LogP contribution is -2.42. The quantitative estimate of drug-likeness (QED) is 0.216. The minimum Gasteiger partial charge on any atom is -0.292 e. The van der Waals surface area contributed by atoms with Crippen molar-refractivity contribution in [3.8, 4) is 16.9 Å². The third-order valence-electron chi connectivity index (χ3n) is 7.08. The summed E-state index contributed by atoms with van der Waals surface area (Å²) in [5, 5.41) is 4.77. The van der Waals surface area contributed by atoms with Gasteiger partial charge in [0.05, 0.1) is 21.2 Å². The third kappa shape index (κ3) is 6.68. The van der Waals surface area contributed by atoms with Crippen LogP contribution in [0.5, 0.6) is 0 Å². The van der Waals surface area contributed by atoms with Crippen molar-refractivity contribution in [1.82, 2.24) is 19.0 Å². The second-order valence-electron chi connectivity index (χ2n) is 10.6. The van der Waals surface area contributed by atoms with Gasteiger partial charge in [-0.2, -0.15) is 17.8 Å². The number of hydrogen-bond acceptors (Lipinski definition) is 8. The minimum atomic E-state index is -4.28. The van der Waals surface area contributed by atoms with Crippen LogP contribution in [0.25, 0.3) is 23.0 Å². The second-order valence-corrected chi connectivity index (χ2v) is 15.8. The molecule has 2 unspecified atom stereocenters. The van der Waals surface area contributed by atoms with E-state index < -0.39 is 31.8 Å². The topological polar surface area (TPSA) is 130 Å². The molecule has 2 aromatic carbocycles. The van der Waals surface area contributed by atoms with E-state index in [4.69, 9.17) is 21.9 Å². The Kier molecular flexibility index (Phi) is 8.75. The van der Waals surface area contributed by atoms with Gasteiger partial charge in [-0.25, -0.2) is 13.1 Å². The van der Waals surface area contributed by atoms with Gasteiger partial charge in [0, 0.05) is 37.0 Å². The molecule has 0 spiro atoms. The van der Waals surface area contributed by atoms with E-state index in [0.717, 1.165) is 28.8 Å². The number of amides is 1. The predicted octanol–water partition coefficient (Wildman–Crippen LogP) is 4.29. The Bertz CT molecular complexity index is 1760. The average molecular weight is 647 g/mol. The van der Waals surface area contributed by atoms with Crippen LogP contribution in [0.3, 0.4) is 0 Å². The van der Waals surface area contributed by atoms with Crippen LogP contribution >= 0.6 is 24.0 Å². The highest BCUT2D eigenvalue weighted by atomic mass is 32.2. The maximum absolute atomic E-state index is 13.7. The van der Waals surface area contributed by atoms with Crippen molar-refractivity contribution in [2.45, 2.75) is 25.2 Å². The number of hydrogen-bond donors (Lipinski definition) is 1. The third-order valence-corrected chi connectivity index (χ3v) is 11.0. The number of thioether (sulfide) groups is 1. The van der Waals surface area contributed by atoms with Crippen LogP contribution in [0.1, 0.15) is 25.8 Å². The molecule has 3 aromatic rings. The maximum atomic E-state index is 13.7. The number of sulfonamides is 1. The molecule has 2 saturated heterocycles. The van der Waals surface area contributed by atoms with Crippen LogP contribution in [-0.4, -0.2) is 76.0 Å². The SMILES string of the molecule is CC1CC(C)CN(S(=O)(=O)c2cccc(-c3nn(-c4ccccc4)cc3C=C3SC(=S)N(CCS(=O)(=O)O)C3=O)c2)C1. The van der Waals surface area contributed by atoms with Crippen LogP contribution in [0.4, 0.5) is 0 Å². The molecule has 1 N–H and O–H groups in total. The number of piperidine rings is 1. The molecule has 2 fully saturated rings. The molecule has 2 atom stereocenters. The number of nitrogens with zero attached hydrogens (tertiary/aromatic N) is 4. The summed E-state index contributed by atoms with van der Waals surface area (Å²) >= 11 is 6.32. The van der Waals surface area contributed by atoms with E-state index in [-0.39, 0.29) is 32.5 Å². The fourth-order valence-electron chi connectivity index (χ4n) is 5.23. The van der Waals surface area contributed by atoms with Crippen molar-refractivity contribution in [2.75, 3.05) is 25.4 Å². The standard InChI is InChI=1S/C28H30N4O6S4/c1-19-13-20(2)17-30(16-19)42(37,38)24-10-6-7-21(14-24)26-22(18-32(29-26)23-8-4-3-5-9-23)15-25-27(33)31(28(39)40-25)11-12-41(34,35)36/h3-10,14-15,18-20H,11-13,16-17H2,1-2H3,(H,34,35,36). The first kappa shape index (κ1) is 30.6. The van der Waals surface area contributed by atoms with E-state index >= 15 is 0 Å². The van der Waals surface area contributed by atoms with Gasteiger partial charge in [-0.3, -0.25) is 14.2 Å². The first-order valence-electron chi connectivity index (χ1n) is 13.3. The molecule has 1 aromatic heterocycles. The number of rotatable bonds is 8. The van der Waals surface area contributed by atoms with Gasteiger partial charge in [0.1, 0.15) is 10.0 Å². The molecule has 222 valence electrons. The molecule has 42 heavy (non-hydrogen) atoms. The Balaban J connectivity index is 1.54. The van der Waals surface area contributed by atoms with Crippen LogP contribution in [0.15, 0.2) is 70.6 Å². The first-order valence-corrected chi connectivity index (χ1v) is 17.6. The molecule has 2 aliphatic rings.